The van der Waals surface area contributed by atoms with Gasteiger partial charge in [-0.15, -0.1) is 11.8 Å². The Balaban J connectivity index is 1.86. The Morgan fingerprint density at radius 2 is 1.94 bits per heavy atom. The molecular formula is C14H11Cl2NS. The topological polar surface area (TPSA) is 12.0 Å². The molecule has 0 bridgehead atoms. The van der Waals surface area contributed by atoms with Crippen LogP contribution in [0, 0.1) is 0 Å². The summed E-state index contributed by atoms with van der Waals surface area (Å²) >= 11 is 14.0. The third-order valence-corrected chi connectivity index (χ3v) is 4.69. The molecule has 2 aromatic rings. The summed E-state index contributed by atoms with van der Waals surface area (Å²) in [5.74, 6) is 1.03. The maximum atomic E-state index is 6.18. The van der Waals surface area contributed by atoms with E-state index in [9.17, 15) is 0 Å². The highest BCUT2D eigenvalue weighted by Gasteiger charge is 2.22. The average Bonchev–Trinajstić information content (AvgIpc) is 2.76. The molecule has 4 heteroatoms. The number of hydrogen-bond donors (Lipinski definition) is 1. The van der Waals surface area contributed by atoms with Crippen molar-refractivity contribution < 1.29 is 0 Å². The molecule has 1 aliphatic rings. The highest BCUT2D eigenvalue weighted by molar-refractivity contribution is 7.99. The molecule has 0 saturated carbocycles. The van der Waals surface area contributed by atoms with Gasteiger partial charge in [0.15, 0.2) is 0 Å². The molecule has 3 rings (SSSR count). The van der Waals surface area contributed by atoms with E-state index in [0.717, 1.165) is 11.4 Å². The molecule has 2 aromatic carbocycles. The van der Waals surface area contributed by atoms with Crippen LogP contribution in [-0.2, 0) is 0 Å². The van der Waals surface area contributed by atoms with E-state index in [0.29, 0.717) is 16.1 Å². The highest BCUT2D eigenvalue weighted by atomic mass is 35.5. The van der Waals surface area contributed by atoms with Crippen molar-refractivity contribution in [2.45, 2.75) is 10.9 Å². The fourth-order valence-corrected chi connectivity index (χ4v) is 3.70. The maximum absolute atomic E-state index is 6.18. The molecule has 1 unspecified atom stereocenters. The zero-order chi connectivity index (χ0) is 12.5. The minimum absolute atomic E-state index is 0.310. The molecule has 0 spiro atoms. The molecular weight excluding hydrogens is 285 g/mol. The Morgan fingerprint density at radius 3 is 2.78 bits per heavy atom. The van der Waals surface area contributed by atoms with Crippen LogP contribution in [0.3, 0.4) is 0 Å². The smallest absolute Gasteiger partial charge is 0.0652 e. The van der Waals surface area contributed by atoms with Crippen molar-refractivity contribution in [1.29, 1.82) is 0 Å². The predicted octanol–water partition coefficient (Wildman–Crippen LogP) is 5.25. The van der Waals surface area contributed by atoms with Crippen LogP contribution in [0.2, 0.25) is 10.0 Å². The van der Waals surface area contributed by atoms with Gasteiger partial charge in [-0.3, -0.25) is 0 Å². The van der Waals surface area contributed by atoms with Gasteiger partial charge in [0.05, 0.1) is 16.8 Å². The van der Waals surface area contributed by atoms with Gasteiger partial charge >= 0.3 is 0 Å². The van der Waals surface area contributed by atoms with E-state index in [1.807, 2.05) is 23.9 Å². The first-order valence-corrected chi connectivity index (χ1v) is 7.41. The van der Waals surface area contributed by atoms with E-state index in [4.69, 9.17) is 23.2 Å². The Kier molecular flexibility index (Phi) is 3.42. The van der Waals surface area contributed by atoms with Crippen LogP contribution in [0.1, 0.15) is 11.6 Å². The SMILES string of the molecule is Clc1ccc(NC2CSc3ccccc32)c(Cl)c1. The summed E-state index contributed by atoms with van der Waals surface area (Å²) in [5, 5.41) is 4.80. The molecule has 92 valence electrons. The second-order valence-electron chi connectivity index (χ2n) is 4.17. The fourth-order valence-electron chi connectivity index (χ4n) is 2.08. The Morgan fingerprint density at radius 1 is 1.11 bits per heavy atom. The van der Waals surface area contributed by atoms with Crippen LogP contribution in [-0.4, -0.2) is 5.75 Å². The maximum Gasteiger partial charge on any atom is 0.0652 e. The third-order valence-electron chi connectivity index (χ3n) is 2.96. The second-order valence-corrected chi connectivity index (χ2v) is 6.08. The van der Waals surface area contributed by atoms with Crippen LogP contribution >= 0.6 is 35.0 Å². The fraction of sp³-hybridized carbons (Fsp3) is 0.143. The van der Waals surface area contributed by atoms with Crippen molar-refractivity contribution in [2.75, 3.05) is 11.1 Å². The Bertz CT molecular complexity index is 586. The third kappa shape index (κ3) is 2.33. The van der Waals surface area contributed by atoms with Crippen LogP contribution in [0.4, 0.5) is 5.69 Å². The van der Waals surface area contributed by atoms with Gasteiger partial charge < -0.3 is 5.32 Å². The predicted molar refractivity (Wildman–Crippen MR) is 80.0 cm³/mol. The molecule has 0 saturated heterocycles. The molecule has 0 aromatic heterocycles. The normalized spacial score (nSPS) is 17.6. The zero-order valence-electron chi connectivity index (χ0n) is 9.49. The number of nitrogens with one attached hydrogen (secondary N) is 1. The van der Waals surface area contributed by atoms with Gasteiger partial charge in [0.25, 0.3) is 0 Å². The Labute approximate surface area is 120 Å². The standard InChI is InChI=1S/C14H11Cl2NS/c15-9-5-6-12(11(16)7-9)17-13-8-18-14-4-2-1-3-10(13)14/h1-7,13,17H,8H2. The monoisotopic (exact) mass is 295 g/mol. The van der Waals surface area contributed by atoms with Gasteiger partial charge in [-0.2, -0.15) is 0 Å². The van der Waals surface area contributed by atoms with E-state index in [1.54, 1.807) is 6.07 Å². The van der Waals surface area contributed by atoms with Crippen molar-refractivity contribution in [3.63, 3.8) is 0 Å². The molecule has 0 fully saturated rings. The van der Waals surface area contributed by atoms with Gasteiger partial charge in [0.1, 0.15) is 0 Å². The van der Waals surface area contributed by atoms with Crippen molar-refractivity contribution in [3.05, 3.63) is 58.1 Å². The number of thioether (sulfide) groups is 1. The molecule has 1 nitrogen and oxygen atoms in total. The molecule has 1 heterocycles. The molecule has 1 aliphatic heterocycles. The minimum atomic E-state index is 0.310. The number of fused-ring (bicyclic) bond motifs is 1. The van der Waals surface area contributed by atoms with Gasteiger partial charge in [-0.1, -0.05) is 41.4 Å². The second kappa shape index (κ2) is 5.04. The van der Waals surface area contributed by atoms with Crippen molar-refractivity contribution in [2.24, 2.45) is 0 Å². The van der Waals surface area contributed by atoms with Crippen molar-refractivity contribution in [1.82, 2.24) is 0 Å². The van der Waals surface area contributed by atoms with E-state index < -0.39 is 0 Å². The van der Waals surface area contributed by atoms with Crippen LogP contribution in [0.15, 0.2) is 47.4 Å². The number of anilines is 1. The molecule has 18 heavy (non-hydrogen) atoms. The first kappa shape index (κ1) is 12.2. The van der Waals surface area contributed by atoms with Crippen LogP contribution in [0.25, 0.3) is 0 Å². The summed E-state index contributed by atoms with van der Waals surface area (Å²) in [5.41, 5.74) is 2.27. The number of rotatable bonds is 2. The number of halogens is 2. The first-order valence-electron chi connectivity index (χ1n) is 5.67. The largest absolute Gasteiger partial charge is 0.376 e. The van der Waals surface area contributed by atoms with E-state index >= 15 is 0 Å². The molecule has 0 aliphatic carbocycles. The van der Waals surface area contributed by atoms with Gasteiger partial charge in [-0.05, 0) is 29.8 Å². The first-order chi connectivity index (χ1) is 8.74. The van der Waals surface area contributed by atoms with Gasteiger partial charge in [0.2, 0.25) is 0 Å². The lowest BCUT2D eigenvalue weighted by Gasteiger charge is -2.16. The Hall–Kier alpha value is -0.830. The van der Waals surface area contributed by atoms with Gasteiger partial charge in [-0.25, -0.2) is 0 Å². The van der Waals surface area contributed by atoms with E-state index in [1.165, 1.54) is 10.5 Å². The molecule has 0 amide bonds. The summed E-state index contributed by atoms with van der Waals surface area (Å²) in [6.07, 6.45) is 0. The number of benzene rings is 2. The molecule has 0 radical (unpaired) electrons. The lowest BCUT2D eigenvalue weighted by Crippen LogP contribution is -2.09. The van der Waals surface area contributed by atoms with E-state index in [2.05, 4.69) is 29.6 Å². The zero-order valence-corrected chi connectivity index (χ0v) is 11.8. The number of hydrogen-bond acceptors (Lipinski definition) is 2. The summed E-state index contributed by atoms with van der Waals surface area (Å²) in [7, 11) is 0. The molecule has 1 atom stereocenters. The van der Waals surface area contributed by atoms with E-state index in [-0.39, 0.29) is 0 Å². The minimum Gasteiger partial charge on any atom is -0.376 e. The molecule has 1 N–H and O–H groups in total. The van der Waals surface area contributed by atoms with Crippen LogP contribution in [0.5, 0.6) is 0 Å². The summed E-state index contributed by atoms with van der Waals surface area (Å²) in [6.45, 7) is 0. The average molecular weight is 296 g/mol. The lowest BCUT2D eigenvalue weighted by molar-refractivity contribution is 0.900. The van der Waals surface area contributed by atoms with Crippen molar-refractivity contribution in [3.8, 4) is 0 Å². The van der Waals surface area contributed by atoms with Gasteiger partial charge in [0, 0.05) is 15.7 Å². The summed E-state index contributed by atoms with van der Waals surface area (Å²) < 4.78 is 0. The lowest BCUT2D eigenvalue weighted by atomic mass is 10.1. The highest BCUT2D eigenvalue weighted by Crippen LogP contribution is 2.40. The summed E-state index contributed by atoms with van der Waals surface area (Å²) in [4.78, 5) is 1.35. The quantitative estimate of drug-likeness (QED) is 0.812. The summed E-state index contributed by atoms with van der Waals surface area (Å²) in [6, 6.07) is 14.3. The van der Waals surface area contributed by atoms with Crippen molar-refractivity contribution >= 4 is 40.7 Å². The van der Waals surface area contributed by atoms with Crippen LogP contribution < -0.4 is 5.32 Å².